The minimum atomic E-state index is -3.44. The number of ether oxygens (including phenoxy) is 1. The van der Waals surface area contributed by atoms with Crippen LogP contribution in [0.2, 0.25) is 0 Å². The van der Waals surface area contributed by atoms with Gasteiger partial charge in [-0.2, -0.15) is 4.31 Å². The smallest absolute Gasteiger partial charge is 0.243 e. The van der Waals surface area contributed by atoms with Gasteiger partial charge >= 0.3 is 0 Å². The minimum absolute atomic E-state index is 0.289. The summed E-state index contributed by atoms with van der Waals surface area (Å²) in [7, 11) is -3.44. The van der Waals surface area contributed by atoms with Crippen molar-refractivity contribution in [3.8, 4) is 5.75 Å². The molecule has 0 atom stereocenters. The first-order valence-electron chi connectivity index (χ1n) is 8.63. The Morgan fingerprint density at radius 2 is 1.65 bits per heavy atom. The quantitative estimate of drug-likeness (QED) is 0.775. The summed E-state index contributed by atoms with van der Waals surface area (Å²) in [4.78, 5) is 2.56. The average molecular weight is 378 g/mol. The van der Waals surface area contributed by atoms with Gasteiger partial charge in [0.25, 0.3) is 0 Å². The van der Waals surface area contributed by atoms with E-state index in [1.165, 1.54) is 12.1 Å². The number of halogens is 1. The molecule has 1 fully saturated rings. The van der Waals surface area contributed by atoms with E-state index >= 15 is 0 Å². The molecule has 26 heavy (non-hydrogen) atoms. The highest BCUT2D eigenvalue weighted by atomic mass is 32.2. The molecular formula is C19H23FN2O3S. The summed E-state index contributed by atoms with van der Waals surface area (Å²) in [5, 5.41) is 0. The Kier molecular flexibility index (Phi) is 5.90. The molecule has 2 aromatic rings. The third kappa shape index (κ3) is 4.41. The van der Waals surface area contributed by atoms with Crippen molar-refractivity contribution in [1.29, 1.82) is 0 Å². The van der Waals surface area contributed by atoms with Gasteiger partial charge in [-0.05, 0) is 42.8 Å². The van der Waals surface area contributed by atoms with Crippen LogP contribution < -0.4 is 4.74 Å². The van der Waals surface area contributed by atoms with Crippen molar-refractivity contribution >= 4 is 10.0 Å². The zero-order valence-corrected chi connectivity index (χ0v) is 15.6. The largest absolute Gasteiger partial charge is 0.492 e. The van der Waals surface area contributed by atoms with Gasteiger partial charge in [-0.15, -0.1) is 0 Å². The Balaban J connectivity index is 1.49. The molecule has 1 aliphatic heterocycles. The van der Waals surface area contributed by atoms with Crippen molar-refractivity contribution in [3.63, 3.8) is 0 Å². The van der Waals surface area contributed by atoms with Crippen LogP contribution in [0.3, 0.4) is 0 Å². The zero-order chi connectivity index (χ0) is 18.6. The van der Waals surface area contributed by atoms with Crippen LogP contribution in [0.5, 0.6) is 5.75 Å². The van der Waals surface area contributed by atoms with Crippen molar-refractivity contribution in [3.05, 3.63) is 59.9 Å². The molecule has 0 aliphatic carbocycles. The fourth-order valence-electron chi connectivity index (χ4n) is 3.00. The lowest BCUT2D eigenvalue weighted by Crippen LogP contribution is -2.49. The Labute approximate surface area is 154 Å². The summed E-state index contributed by atoms with van der Waals surface area (Å²) < 4.78 is 45.6. The molecule has 0 unspecified atom stereocenters. The topological polar surface area (TPSA) is 49.9 Å². The van der Waals surface area contributed by atoms with E-state index in [1.54, 1.807) is 28.6 Å². The molecule has 1 heterocycles. The lowest BCUT2D eigenvalue weighted by Gasteiger charge is -2.34. The lowest BCUT2D eigenvalue weighted by atomic mass is 10.2. The molecule has 0 radical (unpaired) electrons. The predicted octanol–water partition coefficient (Wildman–Crippen LogP) is 2.52. The molecule has 0 bridgehead atoms. The standard InChI is InChI=1S/C19H23FN2O3S/c1-16-4-2-3-5-19(16)26(23,24)22-12-10-21(11-13-22)14-15-25-18-8-6-17(20)7-9-18/h2-9H,10-15H2,1H3. The van der Waals surface area contributed by atoms with Crippen LogP contribution in [0.15, 0.2) is 53.4 Å². The molecule has 5 nitrogen and oxygen atoms in total. The van der Waals surface area contributed by atoms with Crippen LogP contribution in [0.25, 0.3) is 0 Å². The second-order valence-corrected chi connectivity index (χ2v) is 8.22. The van der Waals surface area contributed by atoms with Crippen LogP contribution in [0, 0.1) is 12.7 Å². The number of rotatable bonds is 6. The second-order valence-electron chi connectivity index (χ2n) is 6.31. The second kappa shape index (κ2) is 8.16. The normalized spacial score (nSPS) is 16.5. The van der Waals surface area contributed by atoms with E-state index in [0.717, 1.165) is 5.56 Å². The van der Waals surface area contributed by atoms with Gasteiger partial charge in [0.05, 0.1) is 4.90 Å². The highest BCUT2D eigenvalue weighted by molar-refractivity contribution is 7.89. The summed E-state index contributed by atoms with van der Waals surface area (Å²) in [5.74, 6) is 0.343. The molecule has 0 aromatic heterocycles. The molecule has 0 saturated carbocycles. The SMILES string of the molecule is Cc1ccccc1S(=O)(=O)N1CCN(CCOc2ccc(F)cc2)CC1. The Bertz CT molecular complexity index is 832. The van der Waals surface area contributed by atoms with Gasteiger partial charge in [-0.3, -0.25) is 4.90 Å². The maximum absolute atomic E-state index is 12.9. The van der Waals surface area contributed by atoms with Gasteiger partial charge in [0.15, 0.2) is 0 Å². The van der Waals surface area contributed by atoms with Gasteiger partial charge in [-0.25, -0.2) is 12.8 Å². The first-order chi connectivity index (χ1) is 12.5. The number of piperazine rings is 1. The van der Waals surface area contributed by atoms with Gasteiger partial charge in [0.1, 0.15) is 18.2 Å². The Hall–Kier alpha value is -1.96. The van der Waals surface area contributed by atoms with E-state index < -0.39 is 10.0 Å². The van der Waals surface area contributed by atoms with E-state index in [-0.39, 0.29) is 5.82 Å². The fourth-order valence-corrected chi connectivity index (χ4v) is 4.65. The van der Waals surface area contributed by atoms with E-state index in [1.807, 2.05) is 19.1 Å². The summed E-state index contributed by atoms with van der Waals surface area (Å²) in [6.45, 7) is 5.26. The molecule has 2 aromatic carbocycles. The van der Waals surface area contributed by atoms with Crippen LogP contribution in [0.4, 0.5) is 4.39 Å². The zero-order valence-electron chi connectivity index (χ0n) is 14.8. The first-order valence-corrected chi connectivity index (χ1v) is 10.1. The van der Waals surface area contributed by atoms with Crippen LogP contribution in [-0.4, -0.2) is 57.0 Å². The Morgan fingerprint density at radius 1 is 1.00 bits per heavy atom. The average Bonchev–Trinajstić information content (AvgIpc) is 2.64. The molecule has 7 heteroatoms. The van der Waals surface area contributed by atoms with E-state index in [4.69, 9.17) is 4.74 Å². The number of nitrogens with zero attached hydrogens (tertiary/aromatic N) is 2. The molecule has 0 spiro atoms. The molecule has 3 rings (SSSR count). The molecule has 140 valence electrons. The fraction of sp³-hybridized carbons (Fsp3) is 0.368. The maximum Gasteiger partial charge on any atom is 0.243 e. The van der Waals surface area contributed by atoms with Gasteiger partial charge in [0, 0.05) is 32.7 Å². The summed E-state index contributed by atoms with van der Waals surface area (Å²) >= 11 is 0. The van der Waals surface area contributed by atoms with Gasteiger partial charge in [0.2, 0.25) is 10.0 Å². The van der Waals surface area contributed by atoms with Gasteiger partial charge in [-0.1, -0.05) is 18.2 Å². The van der Waals surface area contributed by atoms with Crippen LogP contribution in [0.1, 0.15) is 5.56 Å². The number of hydrogen-bond acceptors (Lipinski definition) is 4. The van der Waals surface area contributed by atoms with Crippen molar-refractivity contribution in [2.75, 3.05) is 39.3 Å². The Morgan fingerprint density at radius 3 is 2.31 bits per heavy atom. The molecule has 1 aliphatic rings. The highest BCUT2D eigenvalue weighted by Gasteiger charge is 2.29. The molecule has 0 amide bonds. The third-order valence-corrected chi connectivity index (χ3v) is 6.59. The summed E-state index contributed by atoms with van der Waals surface area (Å²) in [6, 6.07) is 13.0. The van der Waals surface area contributed by atoms with Gasteiger partial charge < -0.3 is 4.74 Å². The maximum atomic E-state index is 12.9. The van der Waals surface area contributed by atoms with Crippen molar-refractivity contribution in [1.82, 2.24) is 9.21 Å². The van der Waals surface area contributed by atoms with Crippen LogP contribution in [-0.2, 0) is 10.0 Å². The van der Waals surface area contributed by atoms with E-state index in [9.17, 15) is 12.8 Å². The number of sulfonamides is 1. The number of hydrogen-bond donors (Lipinski definition) is 0. The van der Waals surface area contributed by atoms with Crippen molar-refractivity contribution in [2.24, 2.45) is 0 Å². The summed E-state index contributed by atoms with van der Waals surface area (Å²) in [5.41, 5.74) is 0.766. The molecule has 1 saturated heterocycles. The van der Waals surface area contributed by atoms with Crippen molar-refractivity contribution < 1.29 is 17.5 Å². The van der Waals surface area contributed by atoms with Crippen molar-refractivity contribution in [2.45, 2.75) is 11.8 Å². The molecular weight excluding hydrogens is 355 g/mol. The van der Waals surface area contributed by atoms with Crippen LogP contribution >= 0.6 is 0 Å². The van der Waals surface area contributed by atoms with E-state index in [2.05, 4.69) is 4.90 Å². The predicted molar refractivity (Wildman–Crippen MR) is 98.3 cm³/mol. The summed E-state index contributed by atoms with van der Waals surface area (Å²) in [6.07, 6.45) is 0. The monoisotopic (exact) mass is 378 g/mol. The highest BCUT2D eigenvalue weighted by Crippen LogP contribution is 2.20. The lowest BCUT2D eigenvalue weighted by molar-refractivity contribution is 0.159. The molecule has 0 N–H and O–H groups in total. The first kappa shape index (κ1) is 18.8. The number of aryl methyl sites for hydroxylation is 1. The van der Waals surface area contributed by atoms with E-state index in [0.29, 0.717) is 50.0 Å². The number of benzene rings is 2. The minimum Gasteiger partial charge on any atom is -0.492 e. The third-order valence-electron chi connectivity index (χ3n) is 4.53.